The second kappa shape index (κ2) is 90.2. The van der Waals surface area contributed by atoms with Crippen molar-refractivity contribution in [3.63, 3.8) is 0 Å². The summed E-state index contributed by atoms with van der Waals surface area (Å²) in [5.74, 6) is 0.967. The Morgan fingerprint density at radius 2 is 0.701 bits per heavy atom. The first-order valence-electron chi connectivity index (χ1n) is 48.1. The van der Waals surface area contributed by atoms with Gasteiger partial charge in [-0.15, -0.1) is 0 Å². The Kier molecular flexibility index (Phi) is 109. The molecule has 0 bridgehead atoms. The van der Waals surface area contributed by atoms with E-state index < -0.39 is 28.8 Å². The van der Waals surface area contributed by atoms with Crippen molar-refractivity contribution in [3.8, 4) is 0 Å². The van der Waals surface area contributed by atoms with Gasteiger partial charge >= 0.3 is 25.8 Å². The van der Waals surface area contributed by atoms with E-state index in [0.29, 0.717) is 70.7 Å². The van der Waals surface area contributed by atoms with Crippen LogP contribution >= 0.6 is 67.9 Å². The second-order valence-electron chi connectivity index (χ2n) is 39.6. The fraction of sp³-hybridized carbons (Fsp3) is 0.919. The molecular formula is C99H223N12O15PS7. The molecule has 0 saturated heterocycles. The summed E-state index contributed by atoms with van der Waals surface area (Å²) in [6.45, 7) is 100. The summed E-state index contributed by atoms with van der Waals surface area (Å²) in [6.07, 6.45) is 0.372. The van der Waals surface area contributed by atoms with Gasteiger partial charge in [0.1, 0.15) is 10.1 Å². The van der Waals surface area contributed by atoms with Crippen LogP contribution in [0.1, 0.15) is 346 Å². The fourth-order valence-corrected chi connectivity index (χ4v) is 14.8. The number of ether oxygens (including phenoxy) is 4. The molecule has 0 N–H and O–H groups in total. The van der Waals surface area contributed by atoms with Gasteiger partial charge in [0.15, 0.2) is 5.11 Å². The third-order valence-corrected chi connectivity index (χ3v) is 29.0. The molecule has 816 valence electrons. The van der Waals surface area contributed by atoms with Gasteiger partial charge in [0.2, 0.25) is 15.9 Å². The van der Waals surface area contributed by atoms with Crippen molar-refractivity contribution in [2.45, 2.75) is 469 Å². The number of urea groups is 1. The first-order chi connectivity index (χ1) is 59.9. The summed E-state index contributed by atoms with van der Waals surface area (Å²) >= 11 is 19.0. The molecule has 27 nitrogen and oxygen atoms in total. The molecule has 35 heteroatoms. The number of nitrogens with zero attached hydrogens (tertiary/aromatic N) is 12. The number of hydrogen-bond acceptors (Lipinski definition) is 21. The van der Waals surface area contributed by atoms with E-state index in [9.17, 15) is 41.2 Å². The zero-order valence-corrected chi connectivity index (χ0v) is 106. The molecule has 0 aromatic heterocycles. The summed E-state index contributed by atoms with van der Waals surface area (Å²) in [5, 5.41) is 3.51. The number of ketones is 1. The Labute approximate surface area is 859 Å². The van der Waals surface area contributed by atoms with Gasteiger partial charge in [-0.3, -0.25) is 23.4 Å². The third-order valence-electron chi connectivity index (χ3n) is 18.6. The van der Waals surface area contributed by atoms with Crippen molar-refractivity contribution in [1.82, 2.24) is 57.4 Å². The molecule has 0 rings (SSSR count). The number of carbonyl (C=O) groups excluding carboxylic acids is 5. The van der Waals surface area contributed by atoms with Crippen LogP contribution in [0.3, 0.4) is 0 Å². The Balaban J connectivity index is -0.0000000967. The maximum Gasteiger partial charge on any atom is 0.409 e. The van der Waals surface area contributed by atoms with E-state index in [4.69, 9.17) is 59.9 Å². The van der Waals surface area contributed by atoms with E-state index in [2.05, 4.69) is 137 Å². The van der Waals surface area contributed by atoms with Crippen molar-refractivity contribution in [2.24, 2.45) is 23.7 Å². The lowest BCUT2D eigenvalue weighted by Gasteiger charge is -2.30. The van der Waals surface area contributed by atoms with Crippen LogP contribution in [0, 0.1) is 23.7 Å². The number of thioether (sulfide) groups is 2. The molecule has 0 aliphatic heterocycles. The minimum Gasteiger partial charge on any atom is -0.474 e. The number of hydrogen-bond donors (Lipinski definition) is 0. The van der Waals surface area contributed by atoms with Gasteiger partial charge in [0.25, 0.3) is 5.17 Å². The van der Waals surface area contributed by atoms with Crippen LogP contribution in [0.2, 0.25) is 0 Å². The molecule has 0 radical (unpaired) electrons. The van der Waals surface area contributed by atoms with E-state index >= 15 is 0 Å². The number of thiocarbonyl (C=S) groups is 3. The lowest BCUT2D eigenvalue weighted by Crippen LogP contribution is -2.45. The highest BCUT2D eigenvalue weighted by molar-refractivity contribution is 8.23. The standard InChI is InChI=1S/C9H20N2O.C8H20NO3P.C8H17NO.C8H17NS2.C7H16N2S.C7H17NO2S.C7H17NOS.C7H17N.C7H14O2.C7H14O.C6H13NO2.C6H13NOS.C6H14O.C6H14S/c1-7(2)10(5)9(12)11(6)8(3)4;1-7(2)9(5)13(10,11-6)12-8(3)4;1-6(2)8(10)9(5)7(3)4;1-6(2)9(5)8(10)11-7(3)4;1-6(2)9(5)7(10)8(3)4;1-6(2)8(5)11(9,10)7(3)4;1-6(2)8(5)10(9)7(3)4;1-6(2)8(5)7(3)4;1-5(2)7(8)9-6(3)4;1-5(2)7(8)6(3)4;1-5(2)7(3)6(8)9-4;1-5(2)7(3)6(9)8-4;2*1-5(2)7-6(3)4/h7-8H,1-6H3;7-8H,1-6H3;6-7H,1-5H3;6-7H,1-5H3;6H,1-5H3;6-7H,1-5H3;6-7H,1-5H3;6-7H,1-5H3;5-6H,1-4H3;5-6H,1-4H3;2*5H,1-4H3;2*5-6H,1-4H3. The fourth-order valence-electron chi connectivity index (χ4n) is 7.78. The van der Waals surface area contributed by atoms with Crippen LogP contribution in [0.25, 0.3) is 0 Å². The summed E-state index contributed by atoms with van der Waals surface area (Å²) < 4.78 is 81.6. The predicted molar refractivity (Wildman–Crippen MR) is 604 cm³/mol. The van der Waals surface area contributed by atoms with Crippen LogP contribution in [0.5, 0.6) is 0 Å². The summed E-state index contributed by atoms with van der Waals surface area (Å²) in [5.41, 5.74) is 0. The summed E-state index contributed by atoms with van der Waals surface area (Å²) in [6, 6.07) is 4.42. The third kappa shape index (κ3) is 98.0. The maximum absolute atomic E-state index is 12.0. The monoisotopic (exact) mass is 2080 g/mol. The van der Waals surface area contributed by atoms with Crippen LogP contribution < -0.4 is 0 Å². The van der Waals surface area contributed by atoms with Crippen molar-refractivity contribution < 1.29 is 69.2 Å². The van der Waals surface area contributed by atoms with Gasteiger partial charge < -0.3 is 63.0 Å². The highest BCUT2D eigenvalue weighted by Crippen LogP contribution is 2.52. The Morgan fingerprint density at radius 1 is 0.366 bits per heavy atom. The van der Waals surface area contributed by atoms with Crippen LogP contribution in [0.15, 0.2) is 0 Å². The van der Waals surface area contributed by atoms with E-state index in [1.165, 1.54) is 23.4 Å². The Hall–Kier alpha value is -2.83. The second-order valence-corrected chi connectivity index (χ2v) is 51.4. The van der Waals surface area contributed by atoms with Gasteiger partial charge in [-0.2, -0.15) is 11.8 Å². The minimum atomic E-state index is -3.07. The molecule has 0 aromatic rings. The molecule has 134 heavy (non-hydrogen) atoms. The molecule has 0 saturated carbocycles. The van der Waals surface area contributed by atoms with Crippen molar-refractivity contribution >= 4 is 133 Å². The highest BCUT2D eigenvalue weighted by atomic mass is 32.2. The van der Waals surface area contributed by atoms with Gasteiger partial charge in [-0.05, 0) is 298 Å². The number of esters is 1. The van der Waals surface area contributed by atoms with E-state index in [0.717, 1.165) is 19.9 Å². The van der Waals surface area contributed by atoms with Crippen LogP contribution in [0.4, 0.5) is 9.59 Å². The SMILES string of the molecule is CC(C)C(=O)C(C)C.CC(C)C(=O)N(C)C(C)C.CC(C)N(C)C(=O)N(C)C(C)C.CC(C)N(C)C(=S)N(C)C.CC(C)N(C)C(C)C.CC(C)N(C)S(=O)(=O)C(C)C.CC(C)N(C)S(=O)C(C)C.CC(C)OC(=O)C(C)C.CC(C)OC(C)C.CC(C)SC(=S)N(C)C(C)C.CC(C)SC(C)C.COC(=O)N(C)C(C)C.COC(=S)N(C)C(C)C.COP(=O)(OC(C)C)N(C)C(C)C. The minimum absolute atomic E-state index is 0.00704. The maximum atomic E-state index is 12.0. The van der Waals surface area contributed by atoms with Crippen molar-refractivity contribution in [3.05, 3.63) is 0 Å². The number of Topliss-reactive ketones (excluding diaryl/α,β-unsaturated/α-hetero) is 1. The molecule has 2 unspecified atom stereocenters. The zero-order valence-electron chi connectivity index (χ0n) is 99.2. The first kappa shape index (κ1) is 162. The Bertz CT molecular complexity index is 2910. The lowest BCUT2D eigenvalue weighted by molar-refractivity contribution is -0.151. The van der Waals surface area contributed by atoms with Gasteiger partial charge in [-0.1, -0.05) is 121 Å². The predicted octanol–water partition coefficient (Wildman–Crippen LogP) is 24.1. The zero-order chi connectivity index (χ0) is 111. The summed E-state index contributed by atoms with van der Waals surface area (Å²) in [7, 11) is 21.9. The largest absolute Gasteiger partial charge is 0.474 e. The molecule has 0 spiro atoms. The topological polar surface area (TPSA) is 248 Å². The average molecular weight is 2080 g/mol. The number of carbonyl (C=O) groups is 5. The first-order valence-corrected chi connectivity index (χ1v) is 55.3. The molecule has 0 aliphatic carbocycles. The summed E-state index contributed by atoms with van der Waals surface area (Å²) in [4.78, 5) is 72.1. The van der Waals surface area contributed by atoms with E-state index in [1.54, 1.807) is 73.2 Å². The van der Waals surface area contributed by atoms with Crippen LogP contribution in [-0.4, -0.2) is 351 Å². The van der Waals surface area contributed by atoms with E-state index in [-0.39, 0.29) is 101 Å². The number of amides is 4. The molecule has 0 heterocycles. The highest BCUT2D eigenvalue weighted by Gasteiger charge is 2.33. The molecule has 2 atom stereocenters. The molecule has 0 aliphatic rings. The molecule has 0 fully saturated rings. The number of methoxy groups -OCH3 is 2. The molecule has 4 amide bonds. The van der Waals surface area contributed by atoms with Gasteiger partial charge in [0.05, 0.1) is 60.8 Å². The number of rotatable bonds is 30. The van der Waals surface area contributed by atoms with Gasteiger partial charge in [-0.25, -0.2) is 40.1 Å². The molecule has 0 aromatic carbocycles. The average Bonchev–Trinajstić information content (AvgIpc) is 0.847. The van der Waals surface area contributed by atoms with Gasteiger partial charge in [0, 0.05) is 185 Å². The smallest absolute Gasteiger partial charge is 0.409 e. The van der Waals surface area contributed by atoms with E-state index in [1.807, 2.05) is 311 Å². The van der Waals surface area contributed by atoms with Crippen LogP contribution in [-0.2, 0) is 68.0 Å². The quantitative estimate of drug-likeness (QED) is 0.0368. The Morgan fingerprint density at radius 3 is 0.813 bits per heavy atom. The van der Waals surface area contributed by atoms with Crippen molar-refractivity contribution in [2.75, 3.05) is 113 Å². The van der Waals surface area contributed by atoms with Crippen molar-refractivity contribution in [1.29, 1.82) is 0 Å². The molecular weight excluding hydrogens is 1850 g/mol. The normalized spacial score (nSPS) is 11.8. The number of sulfonamides is 1. The lowest BCUT2D eigenvalue weighted by atomic mass is 9.99.